The molecule has 1 heterocycles. The van der Waals surface area contributed by atoms with Crippen LogP contribution in [0.4, 0.5) is 22.4 Å². The number of ether oxygens (including phenoxy) is 1. The van der Waals surface area contributed by atoms with E-state index in [1.54, 1.807) is 4.90 Å². The maximum atomic E-state index is 13.8. The smallest absolute Gasteiger partial charge is 0.362 e. The molecular formula is C28H30F4N2O2. The van der Waals surface area contributed by atoms with Crippen LogP contribution in [0.2, 0.25) is 0 Å². The maximum Gasteiger partial charge on any atom is 0.416 e. The van der Waals surface area contributed by atoms with Gasteiger partial charge in [0.1, 0.15) is 11.9 Å². The first-order valence-corrected chi connectivity index (χ1v) is 12.8. The van der Waals surface area contributed by atoms with Gasteiger partial charge < -0.3 is 15.0 Å². The first kappa shape index (κ1) is 23.8. The highest BCUT2D eigenvalue weighted by atomic mass is 19.4. The highest BCUT2D eigenvalue weighted by Crippen LogP contribution is 2.55. The lowest BCUT2D eigenvalue weighted by Gasteiger charge is -2.57. The van der Waals surface area contributed by atoms with Crippen LogP contribution in [0, 0.1) is 23.6 Å². The lowest BCUT2D eigenvalue weighted by atomic mass is 9.53. The average molecular weight is 503 g/mol. The van der Waals surface area contributed by atoms with Crippen molar-refractivity contribution < 1.29 is 27.1 Å². The molecule has 5 aliphatic rings. The lowest BCUT2D eigenvalue weighted by Crippen LogP contribution is -2.65. The monoisotopic (exact) mass is 502 g/mol. The molecule has 4 bridgehead atoms. The van der Waals surface area contributed by atoms with Crippen LogP contribution in [0.15, 0.2) is 48.5 Å². The van der Waals surface area contributed by atoms with Gasteiger partial charge in [-0.2, -0.15) is 13.2 Å². The zero-order valence-electron chi connectivity index (χ0n) is 19.9. The minimum atomic E-state index is -4.55. The number of hydrogen-bond donors (Lipinski definition) is 1. The zero-order valence-corrected chi connectivity index (χ0v) is 19.9. The summed E-state index contributed by atoms with van der Waals surface area (Å²) in [4.78, 5) is 14.8. The van der Waals surface area contributed by atoms with E-state index in [9.17, 15) is 22.4 Å². The number of alkyl halides is 3. The minimum Gasteiger partial charge on any atom is -0.362 e. The zero-order chi connectivity index (χ0) is 25.1. The lowest BCUT2D eigenvalue weighted by molar-refractivity contribution is -0.140. The Bertz CT molecular complexity index is 1090. The summed E-state index contributed by atoms with van der Waals surface area (Å²) in [6.07, 6.45) is 1.04. The second-order valence-corrected chi connectivity index (χ2v) is 11.3. The summed E-state index contributed by atoms with van der Waals surface area (Å²) in [5, 5.41) is 3.34. The van der Waals surface area contributed by atoms with Gasteiger partial charge >= 0.3 is 12.2 Å². The van der Waals surface area contributed by atoms with Crippen molar-refractivity contribution >= 4 is 6.03 Å². The van der Waals surface area contributed by atoms with Crippen LogP contribution in [0.3, 0.4) is 0 Å². The van der Waals surface area contributed by atoms with E-state index in [1.807, 2.05) is 0 Å². The first-order chi connectivity index (χ1) is 17.2. The van der Waals surface area contributed by atoms with Crippen molar-refractivity contribution in [1.82, 2.24) is 10.2 Å². The van der Waals surface area contributed by atoms with E-state index in [2.05, 4.69) is 5.32 Å². The molecule has 2 aromatic carbocycles. The first-order valence-electron chi connectivity index (χ1n) is 12.8. The Hall–Kier alpha value is -2.61. The quantitative estimate of drug-likeness (QED) is 0.487. The number of likely N-dealkylation sites (tertiary alicyclic amines) is 1. The number of urea groups is 1. The van der Waals surface area contributed by atoms with Gasteiger partial charge in [-0.1, -0.05) is 30.3 Å². The van der Waals surface area contributed by atoms with Crippen molar-refractivity contribution in [3.05, 3.63) is 71.0 Å². The van der Waals surface area contributed by atoms with Gasteiger partial charge in [-0.3, -0.25) is 0 Å². The van der Waals surface area contributed by atoms with E-state index in [1.165, 1.54) is 61.7 Å². The highest BCUT2D eigenvalue weighted by molar-refractivity contribution is 5.76. The Balaban J connectivity index is 1.15. The van der Waals surface area contributed by atoms with Crippen molar-refractivity contribution in [2.45, 2.75) is 62.4 Å². The Labute approximate surface area is 208 Å². The Morgan fingerprint density at radius 2 is 1.53 bits per heavy atom. The van der Waals surface area contributed by atoms with Gasteiger partial charge in [0.05, 0.1) is 24.8 Å². The van der Waals surface area contributed by atoms with Crippen LogP contribution in [0.5, 0.6) is 0 Å². The average Bonchev–Trinajstić information content (AvgIpc) is 2.77. The Morgan fingerprint density at radius 3 is 2.11 bits per heavy atom. The molecule has 0 aromatic heterocycles. The van der Waals surface area contributed by atoms with Gasteiger partial charge in [0, 0.05) is 5.54 Å². The van der Waals surface area contributed by atoms with Crippen molar-refractivity contribution in [3.8, 4) is 0 Å². The van der Waals surface area contributed by atoms with Gasteiger partial charge in [0.25, 0.3) is 0 Å². The molecule has 192 valence electrons. The Morgan fingerprint density at radius 1 is 0.944 bits per heavy atom. The predicted molar refractivity (Wildman–Crippen MR) is 126 cm³/mol. The van der Waals surface area contributed by atoms with E-state index in [-0.39, 0.29) is 17.1 Å². The van der Waals surface area contributed by atoms with E-state index >= 15 is 0 Å². The van der Waals surface area contributed by atoms with E-state index in [0.29, 0.717) is 36.4 Å². The number of halogens is 4. The van der Waals surface area contributed by atoms with E-state index in [4.69, 9.17) is 4.74 Å². The normalized spacial score (nSPS) is 30.2. The summed E-state index contributed by atoms with van der Waals surface area (Å²) in [7, 11) is 0. The van der Waals surface area contributed by atoms with Crippen LogP contribution < -0.4 is 5.32 Å². The molecule has 4 nitrogen and oxygen atoms in total. The third-order valence-corrected chi connectivity index (χ3v) is 8.60. The second kappa shape index (κ2) is 8.75. The van der Waals surface area contributed by atoms with Gasteiger partial charge in [-0.05, 0) is 85.6 Å². The molecule has 5 fully saturated rings. The van der Waals surface area contributed by atoms with Gasteiger partial charge in [0.2, 0.25) is 0 Å². The van der Waals surface area contributed by atoms with Crippen LogP contribution in [-0.2, 0) is 10.9 Å². The fraction of sp³-hybridized carbons (Fsp3) is 0.536. The molecule has 4 saturated carbocycles. The molecule has 1 N–H and O–H groups in total. The molecule has 36 heavy (non-hydrogen) atoms. The highest BCUT2D eigenvalue weighted by Gasteiger charge is 2.52. The minimum absolute atomic E-state index is 0.0203. The summed E-state index contributed by atoms with van der Waals surface area (Å²) >= 11 is 0. The number of amides is 2. The molecule has 0 radical (unpaired) electrons. The fourth-order valence-electron chi connectivity index (χ4n) is 7.40. The third-order valence-electron chi connectivity index (χ3n) is 8.60. The molecule has 1 atom stereocenters. The fourth-order valence-corrected chi connectivity index (χ4v) is 7.40. The van der Waals surface area contributed by atoms with Gasteiger partial charge in [-0.25, -0.2) is 9.18 Å². The summed E-state index contributed by atoms with van der Waals surface area (Å²) in [6.45, 7) is 0.619. The van der Waals surface area contributed by atoms with Crippen molar-refractivity contribution in [2.75, 3.05) is 13.1 Å². The van der Waals surface area contributed by atoms with Crippen LogP contribution in [0.1, 0.15) is 61.3 Å². The standard InChI is InChI=1S/C28H30F4N2O2/c29-21-7-5-20(6-8-21)25(23-3-1-2-4-24(23)28(30,31)32)36-22-15-34(16-22)26(35)33-27-12-17-9-18(13-27)11-19(10-17)14-27/h1-8,17-19,22,25H,9-16H2,(H,33,35). The molecule has 1 saturated heterocycles. The molecule has 1 unspecified atom stereocenters. The number of nitrogens with one attached hydrogen (secondary N) is 1. The summed E-state index contributed by atoms with van der Waals surface area (Å²) < 4.78 is 61.0. The second-order valence-electron chi connectivity index (χ2n) is 11.3. The summed E-state index contributed by atoms with van der Waals surface area (Å²) in [5.74, 6) is 1.68. The number of carbonyl (C=O) groups excluding carboxylic acids is 1. The third kappa shape index (κ3) is 4.49. The summed E-state index contributed by atoms with van der Waals surface area (Å²) in [5.41, 5.74) is -0.465. The molecule has 4 aliphatic carbocycles. The van der Waals surface area contributed by atoms with Crippen molar-refractivity contribution in [2.24, 2.45) is 17.8 Å². The molecular weight excluding hydrogens is 472 g/mol. The van der Waals surface area contributed by atoms with Crippen molar-refractivity contribution in [3.63, 3.8) is 0 Å². The summed E-state index contributed by atoms with van der Waals surface area (Å²) in [6, 6.07) is 10.5. The SMILES string of the molecule is O=C(NC12CC3CC(CC(C3)C1)C2)N1CC(OC(c2ccc(F)cc2)c2ccccc2C(F)(F)F)C1. The number of carbonyl (C=O) groups is 1. The van der Waals surface area contributed by atoms with Crippen molar-refractivity contribution in [1.29, 1.82) is 0 Å². The van der Waals surface area contributed by atoms with Gasteiger partial charge in [0.15, 0.2) is 0 Å². The number of hydrogen-bond acceptors (Lipinski definition) is 2. The Kier molecular flexibility index (Phi) is 5.78. The van der Waals surface area contributed by atoms with Crippen LogP contribution >= 0.6 is 0 Å². The number of rotatable bonds is 5. The molecule has 7 rings (SSSR count). The maximum absolute atomic E-state index is 13.8. The molecule has 1 aliphatic heterocycles. The van der Waals surface area contributed by atoms with E-state index < -0.39 is 29.8 Å². The number of benzene rings is 2. The molecule has 2 aromatic rings. The molecule has 2 amide bonds. The predicted octanol–water partition coefficient (Wildman–Crippen LogP) is 6.31. The largest absolute Gasteiger partial charge is 0.416 e. The number of nitrogens with zero attached hydrogens (tertiary/aromatic N) is 1. The molecule has 8 heteroatoms. The van der Waals surface area contributed by atoms with Crippen LogP contribution in [-0.4, -0.2) is 35.7 Å². The van der Waals surface area contributed by atoms with E-state index in [0.717, 1.165) is 25.3 Å². The topological polar surface area (TPSA) is 41.6 Å². The molecule has 0 spiro atoms. The van der Waals surface area contributed by atoms with Gasteiger partial charge in [-0.15, -0.1) is 0 Å². The van der Waals surface area contributed by atoms with Crippen LogP contribution in [0.25, 0.3) is 0 Å².